The van der Waals surface area contributed by atoms with Crippen LogP contribution < -0.4 is 10.2 Å². The summed E-state index contributed by atoms with van der Waals surface area (Å²) in [4.78, 5) is 14.1. The number of rotatable bonds is 5. The maximum atomic E-state index is 14.1. The average molecular weight is 377 g/mol. The summed E-state index contributed by atoms with van der Waals surface area (Å²) in [6.07, 6.45) is 0. The third-order valence-corrected chi connectivity index (χ3v) is 5.02. The van der Waals surface area contributed by atoms with Crippen molar-refractivity contribution < 1.29 is 4.39 Å². The Kier molecular flexibility index (Phi) is 5.48. The van der Waals surface area contributed by atoms with Gasteiger partial charge in [0.2, 0.25) is 0 Å². The Morgan fingerprint density at radius 2 is 1.64 bits per heavy atom. The second kappa shape index (κ2) is 8.35. The van der Waals surface area contributed by atoms with Crippen molar-refractivity contribution in [2.24, 2.45) is 0 Å². The fourth-order valence-electron chi connectivity index (χ4n) is 3.37. The first-order valence-electron chi connectivity index (χ1n) is 9.66. The molecule has 5 nitrogen and oxygen atoms in total. The minimum atomic E-state index is -0.305. The standard InChI is InChI=1S/C22H24FN5/c1-2-27-12-14-28(15-13-27)21-16-20(24-19-11-7-6-10-18(19)23)25-22(26-21)17-8-4-3-5-9-17/h3-11,16H,2,12-15H2,1H3,(H,24,25,26). The van der Waals surface area contributed by atoms with Crippen molar-refractivity contribution in [3.8, 4) is 11.4 Å². The van der Waals surface area contributed by atoms with Gasteiger partial charge in [-0.25, -0.2) is 14.4 Å². The van der Waals surface area contributed by atoms with Gasteiger partial charge in [-0.1, -0.05) is 49.4 Å². The predicted molar refractivity (Wildman–Crippen MR) is 111 cm³/mol. The lowest BCUT2D eigenvalue weighted by atomic mass is 10.2. The lowest BCUT2D eigenvalue weighted by Gasteiger charge is -2.35. The molecule has 1 aromatic heterocycles. The van der Waals surface area contributed by atoms with E-state index in [9.17, 15) is 4.39 Å². The molecule has 0 bridgehead atoms. The molecule has 0 aliphatic carbocycles. The first kappa shape index (κ1) is 18.4. The Balaban J connectivity index is 1.68. The quantitative estimate of drug-likeness (QED) is 0.723. The van der Waals surface area contributed by atoms with Gasteiger partial charge in [0.15, 0.2) is 5.82 Å². The molecule has 1 N–H and O–H groups in total. The molecule has 4 rings (SSSR count). The SMILES string of the molecule is CCN1CCN(c2cc(Nc3ccccc3F)nc(-c3ccccc3)n2)CC1. The summed E-state index contributed by atoms with van der Waals surface area (Å²) in [5.41, 5.74) is 1.34. The Bertz CT molecular complexity index is 923. The number of benzene rings is 2. The van der Waals surface area contributed by atoms with Gasteiger partial charge >= 0.3 is 0 Å². The highest BCUT2D eigenvalue weighted by Gasteiger charge is 2.19. The summed E-state index contributed by atoms with van der Waals surface area (Å²) in [5.74, 6) is 1.78. The molecule has 6 heteroatoms. The molecule has 2 aromatic carbocycles. The number of aromatic nitrogens is 2. The van der Waals surface area contributed by atoms with Crippen LogP contribution in [0, 0.1) is 5.82 Å². The Morgan fingerprint density at radius 1 is 0.929 bits per heavy atom. The van der Waals surface area contributed by atoms with Gasteiger partial charge < -0.3 is 15.1 Å². The minimum absolute atomic E-state index is 0.305. The molecule has 3 aromatic rings. The largest absolute Gasteiger partial charge is 0.354 e. The lowest BCUT2D eigenvalue weighted by molar-refractivity contribution is 0.270. The highest BCUT2D eigenvalue weighted by Crippen LogP contribution is 2.26. The summed E-state index contributed by atoms with van der Waals surface area (Å²) in [5, 5.41) is 3.12. The lowest BCUT2D eigenvalue weighted by Crippen LogP contribution is -2.46. The molecule has 0 saturated carbocycles. The molecule has 2 heterocycles. The number of hydrogen-bond acceptors (Lipinski definition) is 5. The molecule has 1 saturated heterocycles. The topological polar surface area (TPSA) is 44.3 Å². The first-order valence-corrected chi connectivity index (χ1v) is 9.66. The molecule has 1 aliphatic rings. The van der Waals surface area contributed by atoms with Crippen LogP contribution in [0.5, 0.6) is 0 Å². The molecule has 0 atom stereocenters. The fraction of sp³-hybridized carbons (Fsp3) is 0.273. The summed E-state index contributed by atoms with van der Waals surface area (Å²) in [6.45, 7) is 7.10. The number of anilines is 3. The predicted octanol–water partition coefficient (Wildman–Crippen LogP) is 4.17. The van der Waals surface area contributed by atoms with Gasteiger partial charge in [0.1, 0.15) is 17.5 Å². The van der Waals surface area contributed by atoms with Gasteiger partial charge in [0.05, 0.1) is 5.69 Å². The van der Waals surface area contributed by atoms with Crippen molar-refractivity contribution in [3.63, 3.8) is 0 Å². The second-order valence-corrected chi connectivity index (χ2v) is 6.83. The number of nitrogens with one attached hydrogen (secondary N) is 1. The van der Waals surface area contributed by atoms with Crippen molar-refractivity contribution in [3.05, 3.63) is 66.5 Å². The van der Waals surface area contributed by atoms with Crippen molar-refractivity contribution in [2.45, 2.75) is 6.92 Å². The zero-order chi connectivity index (χ0) is 19.3. The number of halogens is 1. The summed E-state index contributed by atoms with van der Waals surface area (Å²) in [6, 6.07) is 18.4. The van der Waals surface area contributed by atoms with Gasteiger partial charge in [-0.2, -0.15) is 0 Å². The summed E-state index contributed by atoms with van der Waals surface area (Å²) >= 11 is 0. The van der Waals surface area contributed by atoms with Crippen molar-refractivity contribution in [2.75, 3.05) is 42.9 Å². The van der Waals surface area contributed by atoms with Gasteiger partial charge in [-0.15, -0.1) is 0 Å². The molecule has 0 amide bonds. The number of nitrogens with zero attached hydrogens (tertiary/aromatic N) is 4. The number of likely N-dealkylation sites (N-methyl/N-ethyl adjacent to an activating group) is 1. The van der Waals surface area contributed by atoms with Crippen LogP contribution in [0.15, 0.2) is 60.7 Å². The van der Waals surface area contributed by atoms with Crippen LogP contribution in [0.2, 0.25) is 0 Å². The van der Waals surface area contributed by atoms with Gasteiger partial charge in [-0.05, 0) is 18.7 Å². The van der Waals surface area contributed by atoms with Crippen LogP contribution in [-0.2, 0) is 0 Å². The number of piperazine rings is 1. The molecule has 144 valence electrons. The molecule has 0 unspecified atom stereocenters. The van der Waals surface area contributed by atoms with Crippen LogP contribution in [0.3, 0.4) is 0 Å². The second-order valence-electron chi connectivity index (χ2n) is 6.83. The highest BCUT2D eigenvalue weighted by molar-refractivity contribution is 5.65. The van der Waals surface area contributed by atoms with E-state index in [1.165, 1.54) is 6.07 Å². The Morgan fingerprint density at radius 3 is 2.36 bits per heavy atom. The van der Waals surface area contributed by atoms with E-state index in [2.05, 4.69) is 27.0 Å². The Labute approximate surface area is 164 Å². The molecule has 28 heavy (non-hydrogen) atoms. The van der Waals surface area contributed by atoms with E-state index in [0.29, 0.717) is 17.3 Å². The van der Waals surface area contributed by atoms with Gasteiger partial charge in [0.25, 0.3) is 0 Å². The summed E-state index contributed by atoms with van der Waals surface area (Å²) in [7, 11) is 0. The number of hydrogen-bond donors (Lipinski definition) is 1. The van der Waals surface area contributed by atoms with Crippen LogP contribution in [0.1, 0.15) is 6.92 Å². The van der Waals surface area contributed by atoms with Crippen molar-refractivity contribution in [1.29, 1.82) is 0 Å². The van der Waals surface area contributed by atoms with Gasteiger partial charge in [0, 0.05) is 37.8 Å². The zero-order valence-corrected chi connectivity index (χ0v) is 16.0. The molecule has 0 radical (unpaired) electrons. The first-order chi connectivity index (χ1) is 13.7. The molecular formula is C22H24FN5. The average Bonchev–Trinajstić information content (AvgIpc) is 2.76. The van der Waals surface area contributed by atoms with Crippen molar-refractivity contribution in [1.82, 2.24) is 14.9 Å². The fourth-order valence-corrected chi connectivity index (χ4v) is 3.37. The van der Waals surface area contributed by atoms with E-state index >= 15 is 0 Å². The summed E-state index contributed by atoms with van der Waals surface area (Å²) < 4.78 is 14.1. The normalized spacial score (nSPS) is 14.9. The monoisotopic (exact) mass is 377 g/mol. The highest BCUT2D eigenvalue weighted by atomic mass is 19.1. The van der Waals surface area contributed by atoms with E-state index < -0.39 is 0 Å². The van der Waals surface area contributed by atoms with E-state index in [1.807, 2.05) is 36.4 Å². The van der Waals surface area contributed by atoms with Crippen LogP contribution in [0.25, 0.3) is 11.4 Å². The van der Waals surface area contributed by atoms with Gasteiger partial charge in [-0.3, -0.25) is 0 Å². The minimum Gasteiger partial charge on any atom is -0.354 e. The van der Waals surface area contributed by atoms with Crippen molar-refractivity contribution >= 4 is 17.3 Å². The molecular weight excluding hydrogens is 353 g/mol. The Hall–Kier alpha value is -2.99. The molecule has 1 fully saturated rings. The smallest absolute Gasteiger partial charge is 0.163 e. The third kappa shape index (κ3) is 4.12. The van der Waals surface area contributed by atoms with E-state index in [0.717, 1.165) is 44.1 Å². The third-order valence-electron chi connectivity index (χ3n) is 5.02. The van der Waals surface area contributed by atoms with E-state index in [-0.39, 0.29) is 5.82 Å². The number of para-hydroxylation sites is 1. The maximum Gasteiger partial charge on any atom is 0.163 e. The van der Waals surface area contributed by atoms with E-state index in [1.54, 1.807) is 18.2 Å². The van der Waals surface area contributed by atoms with E-state index in [4.69, 9.17) is 4.98 Å². The molecule has 1 aliphatic heterocycles. The molecule has 0 spiro atoms. The van der Waals surface area contributed by atoms with Crippen LogP contribution >= 0.6 is 0 Å². The van der Waals surface area contributed by atoms with Crippen LogP contribution in [0.4, 0.5) is 21.7 Å². The van der Waals surface area contributed by atoms with Crippen LogP contribution in [-0.4, -0.2) is 47.6 Å². The zero-order valence-electron chi connectivity index (χ0n) is 16.0. The maximum absolute atomic E-state index is 14.1.